The molecule has 0 fully saturated rings. The molecule has 0 amide bonds. The van der Waals surface area contributed by atoms with Crippen molar-refractivity contribution in [2.45, 2.75) is 32.9 Å². The fourth-order valence-corrected chi connectivity index (χ4v) is 2.40. The number of benzene rings is 2. The van der Waals surface area contributed by atoms with Crippen molar-refractivity contribution in [1.29, 1.82) is 0 Å². The van der Waals surface area contributed by atoms with Crippen LogP contribution in [0.15, 0.2) is 48.5 Å². The van der Waals surface area contributed by atoms with Crippen LogP contribution in [0.5, 0.6) is 0 Å². The summed E-state index contributed by atoms with van der Waals surface area (Å²) in [6.45, 7) is 5.27. The molecule has 0 aliphatic rings. The van der Waals surface area contributed by atoms with Gasteiger partial charge in [0, 0.05) is 17.6 Å². The molecule has 0 bridgehead atoms. The Labute approximate surface area is 120 Å². The van der Waals surface area contributed by atoms with Crippen molar-refractivity contribution in [3.63, 3.8) is 0 Å². The van der Waals surface area contributed by atoms with Gasteiger partial charge in [0.25, 0.3) is 0 Å². The molecule has 2 aromatic rings. The molecular formula is C17H20ClN. The summed E-state index contributed by atoms with van der Waals surface area (Å²) in [5, 5.41) is 4.37. The molecule has 0 aliphatic heterocycles. The topological polar surface area (TPSA) is 12.0 Å². The van der Waals surface area contributed by atoms with Gasteiger partial charge in [-0.05, 0) is 49.1 Å². The number of nitrogens with one attached hydrogen (secondary N) is 1. The second-order valence-corrected chi connectivity index (χ2v) is 5.48. The molecule has 0 spiro atoms. The Hall–Kier alpha value is -1.31. The minimum atomic E-state index is 0.429. The van der Waals surface area contributed by atoms with E-state index in [2.05, 4.69) is 49.5 Å². The highest BCUT2D eigenvalue weighted by molar-refractivity contribution is 6.30. The molecule has 19 heavy (non-hydrogen) atoms. The van der Waals surface area contributed by atoms with Crippen LogP contribution in [0.3, 0.4) is 0 Å². The van der Waals surface area contributed by atoms with E-state index in [1.165, 1.54) is 16.7 Å². The highest BCUT2D eigenvalue weighted by atomic mass is 35.5. The lowest BCUT2D eigenvalue weighted by Gasteiger charge is -2.15. The molecule has 2 heteroatoms. The maximum atomic E-state index is 6.00. The minimum absolute atomic E-state index is 0.429. The summed E-state index contributed by atoms with van der Waals surface area (Å²) in [5.74, 6) is 0. The van der Waals surface area contributed by atoms with E-state index in [1.807, 2.05) is 18.2 Å². The van der Waals surface area contributed by atoms with E-state index in [4.69, 9.17) is 11.6 Å². The highest BCUT2D eigenvalue weighted by Crippen LogP contribution is 2.13. The van der Waals surface area contributed by atoms with Crippen LogP contribution in [-0.4, -0.2) is 6.04 Å². The number of rotatable bonds is 5. The monoisotopic (exact) mass is 273 g/mol. The van der Waals surface area contributed by atoms with E-state index in [9.17, 15) is 0 Å². The zero-order chi connectivity index (χ0) is 13.7. The Morgan fingerprint density at radius 1 is 1.11 bits per heavy atom. The van der Waals surface area contributed by atoms with Crippen molar-refractivity contribution in [3.05, 3.63) is 70.2 Å². The van der Waals surface area contributed by atoms with E-state index < -0.39 is 0 Å². The van der Waals surface area contributed by atoms with Crippen molar-refractivity contribution < 1.29 is 0 Å². The predicted octanol–water partition coefficient (Wildman–Crippen LogP) is 4.37. The summed E-state index contributed by atoms with van der Waals surface area (Å²) in [5.41, 5.74) is 3.97. The summed E-state index contributed by atoms with van der Waals surface area (Å²) < 4.78 is 0. The first-order valence-electron chi connectivity index (χ1n) is 6.67. The first-order valence-corrected chi connectivity index (χ1v) is 7.05. The normalized spacial score (nSPS) is 12.4. The van der Waals surface area contributed by atoms with Gasteiger partial charge >= 0.3 is 0 Å². The zero-order valence-electron chi connectivity index (χ0n) is 11.5. The van der Waals surface area contributed by atoms with Gasteiger partial charge in [-0.15, -0.1) is 0 Å². The molecule has 0 aliphatic carbocycles. The van der Waals surface area contributed by atoms with Gasteiger partial charge in [-0.3, -0.25) is 0 Å². The maximum Gasteiger partial charge on any atom is 0.0408 e. The third-order valence-electron chi connectivity index (χ3n) is 3.33. The molecule has 2 rings (SSSR count). The van der Waals surface area contributed by atoms with Gasteiger partial charge < -0.3 is 5.32 Å². The van der Waals surface area contributed by atoms with Crippen molar-refractivity contribution in [2.75, 3.05) is 0 Å². The van der Waals surface area contributed by atoms with Crippen LogP contribution >= 0.6 is 11.6 Å². The first kappa shape index (κ1) is 14.1. The van der Waals surface area contributed by atoms with Gasteiger partial charge in [0.05, 0.1) is 0 Å². The minimum Gasteiger partial charge on any atom is -0.310 e. The summed E-state index contributed by atoms with van der Waals surface area (Å²) in [4.78, 5) is 0. The maximum absolute atomic E-state index is 6.00. The molecule has 0 heterocycles. The fourth-order valence-electron chi connectivity index (χ4n) is 2.18. The van der Waals surface area contributed by atoms with Crippen LogP contribution in [0.2, 0.25) is 5.02 Å². The van der Waals surface area contributed by atoms with Crippen molar-refractivity contribution in [1.82, 2.24) is 5.32 Å². The SMILES string of the molecule is Cc1ccccc1CNC(C)Cc1cccc(Cl)c1. The molecule has 100 valence electrons. The predicted molar refractivity (Wildman–Crippen MR) is 82.6 cm³/mol. The molecule has 1 N–H and O–H groups in total. The molecule has 1 unspecified atom stereocenters. The largest absolute Gasteiger partial charge is 0.310 e. The molecule has 0 radical (unpaired) electrons. The average Bonchev–Trinajstić information content (AvgIpc) is 2.38. The van der Waals surface area contributed by atoms with Crippen LogP contribution in [0.4, 0.5) is 0 Å². The van der Waals surface area contributed by atoms with Crippen LogP contribution in [-0.2, 0) is 13.0 Å². The molecule has 2 aromatic carbocycles. The first-order chi connectivity index (χ1) is 9.15. The lowest BCUT2D eigenvalue weighted by molar-refractivity contribution is 0.544. The number of aryl methyl sites for hydroxylation is 1. The van der Waals surface area contributed by atoms with E-state index in [0.29, 0.717) is 6.04 Å². The lowest BCUT2D eigenvalue weighted by atomic mass is 10.1. The summed E-state index contributed by atoms with van der Waals surface area (Å²) in [6, 6.07) is 17.0. The second kappa shape index (κ2) is 6.74. The van der Waals surface area contributed by atoms with Crippen LogP contribution in [0.1, 0.15) is 23.6 Å². The Kier molecular flexibility index (Phi) is 5.00. The van der Waals surface area contributed by atoms with Gasteiger partial charge in [-0.1, -0.05) is 48.0 Å². The van der Waals surface area contributed by atoms with Gasteiger partial charge in [-0.25, -0.2) is 0 Å². The molecule has 1 atom stereocenters. The number of hydrogen-bond donors (Lipinski definition) is 1. The average molecular weight is 274 g/mol. The second-order valence-electron chi connectivity index (χ2n) is 5.04. The molecule has 0 saturated heterocycles. The van der Waals surface area contributed by atoms with Gasteiger partial charge in [0.15, 0.2) is 0 Å². The Morgan fingerprint density at radius 2 is 1.89 bits per heavy atom. The Morgan fingerprint density at radius 3 is 2.63 bits per heavy atom. The summed E-state index contributed by atoms with van der Waals surface area (Å²) in [7, 11) is 0. The van der Waals surface area contributed by atoms with Crippen LogP contribution in [0.25, 0.3) is 0 Å². The van der Waals surface area contributed by atoms with Crippen LogP contribution < -0.4 is 5.32 Å². The highest BCUT2D eigenvalue weighted by Gasteiger charge is 2.04. The van der Waals surface area contributed by atoms with E-state index in [-0.39, 0.29) is 0 Å². The number of hydrogen-bond acceptors (Lipinski definition) is 1. The molecule has 0 aromatic heterocycles. The Balaban J connectivity index is 1.88. The lowest BCUT2D eigenvalue weighted by Crippen LogP contribution is -2.27. The Bertz CT molecular complexity index is 536. The van der Waals surface area contributed by atoms with Crippen molar-refractivity contribution in [3.8, 4) is 0 Å². The van der Waals surface area contributed by atoms with E-state index >= 15 is 0 Å². The van der Waals surface area contributed by atoms with Gasteiger partial charge in [-0.2, -0.15) is 0 Å². The fraction of sp³-hybridized carbons (Fsp3) is 0.294. The standard InChI is InChI=1S/C17H20ClN/c1-13-6-3-4-8-16(13)12-19-14(2)10-15-7-5-9-17(18)11-15/h3-9,11,14,19H,10,12H2,1-2H3. The zero-order valence-corrected chi connectivity index (χ0v) is 12.2. The van der Waals surface area contributed by atoms with Crippen LogP contribution in [0, 0.1) is 6.92 Å². The third-order valence-corrected chi connectivity index (χ3v) is 3.57. The molecular weight excluding hydrogens is 254 g/mol. The smallest absolute Gasteiger partial charge is 0.0408 e. The van der Waals surface area contributed by atoms with Crippen molar-refractivity contribution in [2.24, 2.45) is 0 Å². The van der Waals surface area contributed by atoms with E-state index in [0.717, 1.165) is 18.0 Å². The molecule has 0 saturated carbocycles. The molecule has 1 nitrogen and oxygen atoms in total. The summed E-state index contributed by atoms with van der Waals surface area (Å²) >= 11 is 6.00. The summed E-state index contributed by atoms with van der Waals surface area (Å²) in [6.07, 6.45) is 0.993. The third kappa shape index (κ3) is 4.38. The van der Waals surface area contributed by atoms with Gasteiger partial charge in [0.2, 0.25) is 0 Å². The quantitative estimate of drug-likeness (QED) is 0.853. The van der Waals surface area contributed by atoms with Gasteiger partial charge in [0.1, 0.15) is 0 Å². The number of halogens is 1. The van der Waals surface area contributed by atoms with Crippen molar-refractivity contribution >= 4 is 11.6 Å². The van der Waals surface area contributed by atoms with E-state index in [1.54, 1.807) is 0 Å².